The number of halogens is 6. The topological polar surface area (TPSA) is 108 Å². The third-order valence-electron chi connectivity index (χ3n) is 8.92. The lowest BCUT2D eigenvalue weighted by Crippen LogP contribution is -2.27. The number of para-hydroxylation sites is 2. The summed E-state index contributed by atoms with van der Waals surface area (Å²) < 4.78 is 75.8. The first kappa shape index (κ1) is 40.7. The van der Waals surface area contributed by atoms with Crippen LogP contribution in [0.5, 0.6) is 23.0 Å². The van der Waals surface area contributed by atoms with Gasteiger partial charge in [-0.3, -0.25) is 14.6 Å². The second-order valence-electron chi connectivity index (χ2n) is 12.4. The van der Waals surface area contributed by atoms with E-state index in [4.69, 9.17) is 14.2 Å². The maximum atomic E-state index is 15.5. The Bertz CT molecular complexity index is 2390. The zero-order valence-electron chi connectivity index (χ0n) is 29.3. The maximum Gasteiger partial charge on any atom is 0.418 e. The summed E-state index contributed by atoms with van der Waals surface area (Å²) >= 11 is 0. The summed E-state index contributed by atoms with van der Waals surface area (Å²) in [4.78, 5) is 33.6. The second-order valence-corrected chi connectivity index (χ2v) is 12.4. The van der Waals surface area contributed by atoms with Gasteiger partial charge in [-0.1, -0.05) is 24.3 Å². The van der Waals surface area contributed by atoms with Crippen molar-refractivity contribution in [1.82, 2.24) is 19.7 Å². The average molecular weight is 801 g/mol. The number of aromatic nitrogens is 3. The van der Waals surface area contributed by atoms with Gasteiger partial charge < -0.3 is 24.4 Å². The molecule has 0 spiro atoms. The van der Waals surface area contributed by atoms with E-state index >= 15 is 4.39 Å². The SMILES string of the molecule is COc1cc2c(Oc3ccc(NC(=O)c4nn(-c5ccccc5C(F)(F)F)c5ccccc5c4=O)cc3F)ccnc2cc1OCCCN1CCCC1.Cl.Cl. The third kappa shape index (κ3) is 8.77. The van der Waals surface area contributed by atoms with Crippen molar-refractivity contribution >= 4 is 58.2 Å². The number of nitrogens with one attached hydrogen (secondary N) is 1. The molecule has 7 rings (SSSR count). The Morgan fingerprint density at radius 2 is 1.62 bits per heavy atom. The molecule has 0 atom stereocenters. The molecule has 16 heteroatoms. The molecule has 4 aromatic carbocycles. The molecule has 1 aliphatic rings. The molecule has 0 bridgehead atoms. The van der Waals surface area contributed by atoms with Crippen molar-refractivity contribution in [2.75, 3.05) is 38.7 Å². The fourth-order valence-electron chi connectivity index (χ4n) is 6.34. The number of carbonyl (C=O) groups is 1. The van der Waals surface area contributed by atoms with Crippen LogP contribution >= 0.6 is 24.8 Å². The van der Waals surface area contributed by atoms with Crippen molar-refractivity contribution in [1.29, 1.82) is 0 Å². The van der Waals surface area contributed by atoms with E-state index in [1.807, 2.05) is 0 Å². The Balaban J connectivity index is 0.00000290. The summed E-state index contributed by atoms with van der Waals surface area (Å²) in [6.45, 7) is 3.69. The van der Waals surface area contributed by atoms with Crippen LogP contribution < -0.4 is 25.0 Å². The smallest absolute Gasteiger partial charge is 0.418 e. The number of rotatable bonds is 11. The van der Waals surface area contributed by atoms with Gasteiger partial charge in [-0.05, 0) is 80.9 Å². The lowest BCUT2D eigenvalue weighted by molar-refractivity contribution is -0.137. The highest BCUT2D eigenvalue weighted by Gasteiger charge is 2.34. The predicted molar refractivity (Wildman–Crippen MR) is 205 cm³/mol. The first-order valence-corrected chi connectivity index (χ1v) is 16.9. The zero-order valence-corrected chi connectivity index (χ0v) is 30.9. The highest BCUT2D eigenvalue weighted by molar-refractivity contribution is 6.04. The van der Waals surface area contributed by atoms with Crippen molar-refractivity contribution in [2.24, 2.45) is 0 Å². The van der Waals surface area contributed by atoms with Crippen molar-refractivity contribution < 1.29 is 36.6 Å². The third-order valence-corrected chi connectivity index (χ3v) is 8.92. The molecule has 0 aliphatic carbocycles. The van der Waals surface area contributed by atoms with Gasteiger partial charge >= 0.3 is 6.18 Å². The number of hydrogen-bond acceptors (Lipinski definition) is 8. The number of alkyl halides is 3. The van der Waals surface area contributed by atoms with Crippen LogP contribution in [0.15, 0.2) is 95.9 Å². The van der Waals surface area contributed by atoms with Gasteiger partial charge in [-0.2, -0.15) is 18.3 Å². The Hall–Kier alpha value is -5.44. The lowest BCUT2D eigenvalue weighted by Gasteiger charge is -2.17. The molecular formula is C39H35Cl2F4N5O5. The quantitative estimate of drug-likeness (QED) is 0.102. The Morgan fingerprint density at radius 1 is 0.873 bits per heavy atom. The standard InChI is InChI=1S/C39H33F4N5O5.2ClH/c1-51-34-22-26-29(23-35(34)52-20-8-19-47-17-6-7-18-47)44-16-15-32(26)53-33-14-13-24(21-28(33)40)45-38(50)36-37(49)25-9-2-4-11-30(25)48(46-36)31-12-5-3-10-27(31)39(41,42)43;;/h2-5,9-16,21-23H,6-8,17-20H2,1H3,(H,45,50);2*1H. The molecule has 1 aliphatic heterocycles. The van der Waals surface area contributed by atoms with Gasteiger partial charge in [0.2, 0.25) is 5.43 Å². The largest absolute Gasteiger partial charge is 0.493 e. The molecule has 6 aromatic rings. The molecule has 288 valence electrons. The molecule has 55 heavy (non-hydrogen) atoms. The molecule has 1 amide bonds. The van der Waals surface area contributed by atoms with Crippen LogP contribution in [0.2, 0.25) is 0 Å². The number of pyridine rings is 1. The molecule has 10 nitrogen and oxygen atoms in total. The van der Waals surface area contributed by atoms with Crippen LogP contribution in [-0.4, -0.2) is 58.9 Å². The van der Waals surface area contributed by atoms with Gasteiger partial charge in [0, 0.05) is 35.9 Å². The van der Waals surface area contributed by atoms with Crippen LogP contribution in [0, 0.1) is 5.82 Å². The summed E-state index contributed by atoms with van der Waals surface area (Å²) in [5.41, 5.74) is -2.34. The van der Waals surface area contributed by atoms with Crippen molar-refractivity contribution in [3.8, 4) is 28.7 Å². The minimum absolute atomic E-state index is 0. The Labute approximate surface area is 324 Å². The number of carbonyl (C=O) groups excluding carboxylic acids is 1. The van der Waals surface area contributed by atoms with Crippen LogP contribution in [0.4, 0.5) is 23.2 Å². The molecule has 2 aromatic heterocycles. The van der Waals surface area contributed by atoms with E-state index in [2.05, 4.69) is 20.3 Å². The van der Waals surface area contributed by atoms with Crippen molar-refractivity contribution in [2.45, 2.75) is 25.4 Å². The summed E-state index contributed by atoms with van der Waals surface area (Å²) in [5, 5.41) is 7.01. The fraction of sp³-hybridized carbons (Fsp3) is 0.231. The number of fused-ring (bicyclic) bond motifs is 2. The molecule has 1 N–H and O–H groups in total. The molecule has 3 heterocycles. The van der Waals surface area contributed by atoms with E-state index in [1.54, 1.807) is 18.2 Å². The zero-order chi connectivity index (χ0) is 37.1. The molecule has 0 saturated carbocycles. The predicted octanol–water partition coefficient (Wildman–Crippen LogP) is 8.85. The number of amides is 1. The Morgan fingerprint density at radius 3 is 2.36 bits per heavy atom. The van der Waals surface area contributed by atoms with Gasteiger partial charge in [-0.15, -0.1) is 24.8 Å². The number of methoxy groups -OCH3 is 1. The molecule has 1 fully saturated rings. The normalized spacial score (nSPS) is 12.9. The van der Waals surface area contributed by atoms with E-state index in [9.17, 15) is 22.8 Å². The van der Waals surface area contributed by atoms with E-state index < -0.39 is 34.6 Å². The maximum absolute atomic E-state index is 15.5. The van der Waals surface area contributed by atoms with Gasteiger partial charge in [0.25, 0.3) is 5.91 Å². The van der Waals surface area contributed by atoms with Crippen molar-refractivity contribution in [3.05, 3.63) is 118 Å². The van der Waals surface area contributed by atoms with Crippen LogP contribution in [0.3, 0.4) is 0 Å². The second kappa shape index (κ2) is 17.4. The number of nitrogens with zero attached hydrogens (tertiary/aromatic N) is 4. The van der Waals surface area contributed by atoms with Gasteiger partial charge in [0.15, 0.2) is 28.8 Å². The molecule has 0 unspecified atom stereocenters. The van der Waals surface area contributed by atoms with Crippen LogP contribution in [-0.2, 0) is 6.18 Å². The van der Waals surface area contributed by atoms with E-state index in [-0.39, 0.29) is 58.6 Å². The monoisotopic (exact) mass is 799 g/mol. The van der Waals surface area contributed by atoms with E-state index in [1.165, 1.54) is 80.7 Å². The van der Waals surface area contributed by atoms with E-state index in [0.717, 1.165) is 42.9 Å². The number of benzene rings is 4. The molecule has 1 saturated heterocycles. The first-order chi connectivity index (χ1) is 25.6. The van der Waals surface area contributed by atoms with Gasteiger partial charge in [-0.25, -0.2) is 9.07 Å². The van der Waals surface area contributed by atoms with Crippen LogP contribution in [0.1, 0.15) is 35.3 Å². The molecule has 0 radical (unpaired) electrons. The summed E-state index contributed by atoms with van der Waals surface area (Å²) in [5.74, 6) is -0.807. The van der Waals surface area contributed by atoms with Gasteiger partial charge in [0.05, 0.1) is 41.4 Å². The number of likely N-dealkylation sites (tertiary alicyclic amines) is 1. The summed E-state index contributed by atoms with van der Waals surface area (Å²) in [7, 11) is 1.52. The fourth-order valence-corrected chi connectivity index (χ4v) is 6.34. The highest BCUT2D eigenvalue weighted by atomic mass is 35.5. The van der Waals surface area contributed by atoms with Gasteiger partial charge in [0.1, 0.15) is 5.75 Å². The first-order valence-electron chi connectivity index (χ1n) is 16.9. The minimum atomic E-state index is -4.75. The summed E-state index contributed by atoms with van der Waals surface area (Å²) in [6.07, 6.45) is 0.0844. The summed E-state index contributed by atoms with van der Waals surface area (Å²) in [6, 6.07) is 19.2. The average Bonchev–Trinajstić information content (AvgIpc) is 3.68. The number of anilines is 1. The minimum Gasteiger partial charge on any atom is -0.493 e. The Kier molecular flexibility index (Phi) is 12.9. The molecular weight excluding hydrogens is 765 g/mol. The van der Waals surface area contributed by atoms with E-state index in [0.29, 0.717) is 29.0 Å². The number of ether oxygens (including phenoxy) is 3. The highest BCUT2D eigenvalue weighted by Crippen LogP contribution is 2.38. The van der Waals surface area contributed by atoms with Crippen LogP contribution in [0.25, 0.3) is 27.5 Å². The number of hydrogen-bond donors (Lipinski definition) is 1. The van der Waals surface area contributed by atoms with Crippen molar-refractivity contribution in [3.63, 3.8) is 0 Å². The lowest BCUT2D eigenvalue weighted by atomic mass is 10.1.